The Labute approximate surface area is 126 Å². The number of rotatable bonds is 3. The number of fused-ring (bicyclic) bond motifs is 1. The smallest absolute Gasteiger partial charge is 0.234 e. The van der Waals surface area contributed by atoms with E-state index in [2.05, 4.69) is 9.97 Å². The Kier molecular flexibility index (Phi) is 2.92. The van der Waals surface area contributed by atoms with Crippen molar-refractivity contribution >= 4 is 28.7 Å². The molecule has 3 heterocycles. The van der Waals surface area contributed by atoms with E-state index in [0.717, 1.165) is 35.9 Å². The predicted molar refractivity (Wildman–Crippen MR) is 80.6 cm³/mol. The molecule has 0 radical (unpaired) electrons. The zero-order valence-corrected chi connectivity index (χ0v) is 11.8. The van der Waals surface area contributed by atoms with Gasteiger partial charge in [0.05, 0.1) is 0 Å². The van der Waals surface area contributed by atoms with Crippen molar-refractivity contribution < 1.29 is 14.3 Å². The molecule has 0 aromatic carbocycles. The minimum atomic E-state index is -0.324. The summed E-state index contributed by atoms with van der Waals surface area (Å²) in [5, 5.41) is 0.908. The molecule has 0 atom stereocenters. The molecule has 0 spiro atoms. The highest BCUT2D eigenvalue weighted by molar-refractivity contribution is 6.28. The number of aromatic nitrogens is 2. The highest BCUT2D eigenvalue weighted by Gasteiger charge is 2.35. The van der Waals surface area contributed by atoms with Crippen LogP contribution in [-0.2, 0) is 14.3 Å². The maximum Gasteiger partial charge on any atom is 0.234 e. The molecule has 1 fully saturated rings. The summed E-state index contributed by atoms with van der Waals surface area (Å²) in [6.07, 6.45) is 9.22. The highest BCUT2D eigenvalue weighted by atomic mass is 16.5. The number of nitrogens with one attached hydrogen (secondary N) is 1. The number of carbonyl (C=O) groups excluding carboxylic acids is 2. The van der Waals surface area contributed by atoms with Crippen LogP contribution in [0.4, 0.5) is 0 Å². The molecule has 0 bridgehead atoms. The fourth-order valence-corrected chi connectivity index (χ4v) is 2.76. The molecule has 110 valence electrons. The van der Waals surface area contributed by atoms with E-state index < -0.39 is 0 Å². The van der Waals surface area contributed by atoms with E-state index in [-0.39, 0.29) is 28.8 Å². The van der Waals surface area contributed by atoms with Crippen molar-refractivity contribution in [2.45, 2.75) is 19.3 Å². The van der Waals surface area contributed by atoms with Gasteiger partial charge in [-0.15, -0.1) is 0 Å². The molecule has 0 saturated heterocycles. The van der Waals surface area contributed by atoms with E-state index in [0.29, 0.717) is 0 Å². The Morgan fingerprint density at radius 1 is 1.41 bits per heavy atom. The maximum atomic E-state index is 12.3. The standard InChI is InChI=1S/C17H14N2O3/c20-15(10-3-1-4-10)13-9-22-14(16(13)21)7-11-8-19-17-12(11)5-2-6-18-17/h2,5-10H,1,3-4H2,(H,18,19)/b14-7-. The lowest BCUT2D eigenvalue weighted by molar-refractivity contribution is -0.124. The van der Waals surface area contributed by atoms with Crippen LogP contribution in [0.1, 0.15) is 24.8 Å². The first-order chi connectivity index (χ1) is 10.7. The summed E-state index contributed by atoms with van der Waals surface area (Å²) in [4.78, 5) is 31.8. The van der Waals surface area contributed by atoms with Gasteiger partial charge in [0.2, 0.25) is 5.78 Å². The molecule has 2 aromatic rings. The second-order valence-corrected chi connectivity index (χ2v) is 5.62. The fraction of sp³-hybridized carbons (Fsp3) is 0.235. The number of pyridine rings is 1. The van der Waals surface area contributed by atoms with Gasteiger partial charge in [-0.05, 0) is 31.1 Å². The molecule has 1 aliphatic heterocycles. The van der Waals surface area contributed by atoms with Gasteiger partial charge in [0, 0.05) is 29.3 Å². The zero-order chi connectivity index (χ0) is 15.1. The van der Waals surface area contributed by atoms with Gasteiger partial charge < -0.3 is 9.72 Å². The number of allylic oxidation sites excluding steroid dienone is 1. The minimum absolute atomic E-state index is 0.00422. The fourth-order valence-electron chi connectivity index (χ4n) is 2.76. The van der Waals surface area contributed by atoms with E-state index in [1.165, 1.54) is 6.26 Å². The quantitative estimate of drug-likeness (QED) is 0.698. The molecule has 0 amide bonds. The van der Waals surface area contributed by atoms with Crippen molar-refractivity contribution in [3.8, 4) is 0 Å². The van der Waals surface area contributed by atoms with Gasteiger partial charge in [0.15, 0.2) is 11.5 Å². The average molecular weight is 294 g/mol. The van der Waals surface area contributed by atoms with E-state index in [9.17, 15) is 9.59 Å². The normalized spacial score (nSPS) is 20.1. The summed E-state index contributed by atoms with van der Waals surface area (Å²) in [6, 6.07) is 3.75. The molecule has 5 nitrogen and oxygen atoms in total. The lowest BCUT2D eigenvalue weighted by Crippen LogP contribution is -2.25. The van der Waals surface area contributed by atoms with Gasteiger partial charge in [-0.2, -0.15) is 0 Å². The summed E-state index contributed by atoms with van der Waals surface area (Å²) < 4.78 is 5.33. The number of ether oxygens (including phenoxy) is 1. The number of aromatic amines is 1. The van der Waals surface area contributed by atoms with E-state index >= 15 is 0 Å². The first kappa shape index (κ1) is 13.0. The lowest BCUT2D eigenvalue weighted by atomic mass is 9.79. The van der Waals surface area contributed by atoms with Crippen molar-refractivity contribution in [1.82, 2.24) is 9.97 Å². The molecule has 2 aromatic heterocycles. The molecule has 1 aliphatic carbocycles. The van der Waals surface area contributed by atoms with Crippen LogP contribution in [0.3, 0.4) is 0 Å². The maximum absolute atomic E-state index is 12.3. The Morgan fingerprint density at radius 2 is 2.27 bits per heavy atom. The third kappa shape index (κ3) is 1.97. The summed E-state index contributed by atoms with van der Waals surface area (Å²) >= 11 is 0. The third-order valence-electron chi connectivity index (χ3n) is 4.28. The van der Waals surface area contributed by atoms with Crippen molar-refractivity contribution in [3.05, 3.63) is 47.7 Å². The van der Waals surface area contributed by atoms with Crippen LogP contribution >= 0.6 is 0 Å². The Hall–Kier alpha value is -2.69. The average Bonchev–Trinajstić information content (AvgIpc) is 3.03. The zero-order valence-electron chi connectivity index (χ0n) is 11.8. The van der Waals surface area contributed by atoms with Gasteiger partial charge in [-0.1, -0.05) is 6.42 Å². The Morgan fingerprint density at radius 3 is 3.05 bits per heavy atom. The predicted octanol–water partition coefficient (Wildman–Crippen LogP) is 2.76. The van der Waals surface area contributed by atoms with Gasteiger partial charge in [0.25, 0.3) is 0 Å². The van der Waals surface area contributed by atoms with Crippen LogP contribution in [-0.4, -0.2) is 21.5 Å². The first-order valence-electron chi connectivity index (χ1n) is 7.33. The largest absolute Gasteiger partial charge is 0.460 e. The van der Waals surface area contributed by atoms with Gasteiger partial charge >= 0.3 is 0 Å². The SMILES string of the molecule is O=C1C(C(=O)C2CCC2)=CO/C1=C\c1c[nH]c2ncccc12. The molecular weight excluding hydrogens is 280 g/mol. The molecule has 2 aliphatic rings. The van der Waals surface area contributed by atoms with Gasteiger partial charge in [-0.25, -0.2) is 4.98 Å². The Bertz CT molecular complexity index is 840. The third-order valence-corrected chi connectivity index (χ3v) is 4.28. The molecule has 0 unspecified atom stereocenters. The minimum Gasteiger partial charge on any atom is -0.460 e. The molecule has 4 rings (SSSR count). The summed E-state index contributed by atoms with van der Waals surface area (Å²) in [6.45, 7) is 0. The van der Waals surface area contributed by atoms with Gasteiger partial charge in [0.1, 0.15) is 17.5 Å². The number of nitrogens with zero attached hydrogens (tertiary/aromatic N) is 1. The number of hydrogen-bond donors (Lipinski definition) is 1. The van der Waals surface area contributed by atoms with Crippen LogP contribution in [0.2, 0.25) is 0 Å². The first-order valence-corrected chi connectivity index (χ1v) is 7.33. The van der Waals surface area contributed by atoms with Crippen LogP contribution in [0.25, 0.3) is 17.1 Å². The van der Waals surface area contributed by atoms with Crippen molar-refractivity contribution in [1.29, 1.82) is 0 Å². The molecular formula is C17H14N2O3. The number of H-pyrrole nitrogens is 1. The second kappa shape index (κ2) is 4.94. The van der Waals surface area contributed by atoms with Crippen LogP contribution in [0, 0.1) is 5.92 Å². The summed E-state index contributed by atoms with van der Waals surface area (Å²) in [5.41, 5.74) is 1.74. The summed E-state index contributed by atoms with van der Waals surface area (Å²) in [7, 11) is 0. The molecule has 1 N–H and O–H groups in total. The lowest BCUT2D eigenvalue weighted by Gasteiger charge is -2.23. The molecule has 1 saturated carbocycles. The topological polar surface area (TPSA) is 72.1 Å². The Balaban J connectivity index is 1.62. The second-order valence-electron chi connectivity index (χ2n) is 5.62. The summed E-state index contributed by atoms with van der Waals surface area (Å²) in [5.74, 6) is -0.224. The van der Waals surface area contributed by atoms with Crippen LogP contribution in [0.5, 0.6) is 0 Å². The van der Waals surface area contributed by atoms with E-state index in [1.807, 2.05) is 12.1 Å². The van der Waals surface area contributed by atoms with Crippen LogP contribution in [0.15, 0.2) is 42.1 Å². The molecule has 5 heteroatoms. The number of Topliss-reactive ketones (excluding diaryl/α,β-unsaturated/α-hetero) is 2. The van der Waals surface area contributed by atoms with E-state index in [4.69, 9.17) is 4.74 Å². The number of carbonyl (C=O) groups is 2. The number of ketones is 2. The van der Waals surface area contributed by atoms with E-state index in [1.54, 1.807) is 18.5 Å². The van der Waals surface area contributed by atoms with Crippen molar-refractivity contribution in [3.63, 3.8) is 0 Å². The van der Waals surface area contributed by atoms with Crippen molar-refractivity contribution in [2.75, 3.05) is 0 Å². The van der Waals surface area contributed by atoms with Gasteiger partial charge in [-0.3, -0.25) is 9.59 Å². The van der Waals surface area contributed by atoms with Crippen LogP contribution < -0.4 is 0 Å². The van der Waals surface area contributed by atoms with Crippen molar-refractivity contribution in [2.24, 2.45) is 5.92 Å². The molecule has 22 heavy (non-hydrogen) atoms. The monoisotopic (exact) mass is 294 g/mol. The highest BCUT2D eigenvalue weighted by Crippen LogP contribution is 2.32. The number of hydrogen-bond acceptors (Lipinski definition) is 4.